The van der Waals surface area contributed by atoms with Crippen LogP contribution in [0.15, 0.2) is 0 Å². The summed E-state index contributed by atoms with van der Waals surface area (Å²) < 4.78 is 0. The molecule has 2 aliphatic rings. The molecule has 2 nitrogen and oxygen atoms in total. The van der Waals surface area contributed by atoms with Crippen LogP contribution in [0.4, 0.5) is 0 Å². The topological polar surface area (TPSA) is 15.3 Å². The highest BCUT2D eigenvalue weighted by molar-refractivity contribution is 7.80. The predicted molar refractivity (Wildman–Crippen MR) is 54.2 cm³/mol. The van der Waals surface area contributed by atoms with Gasteiger partial charge in [-0.15, -0.1) is 0 Å². The largest absolute Gasteiger partial charge is 0.360 e. The minimum atomic E-state index is 0.679. The molecule has 1 aliphatic heterocycles. The molecule has 0 bridgehead atoms. The quantitative estimate of drug-likeness (QED) is 0.622. The fourth-order valence-electron chi connectivity index (χ4n) is 1.86. The molecular formula is C9H16N2S. The van der Waals surface area contributed by atoms with Crippen LogP contribution in [0.2, 0.25) is 0 Å². The second-order valence-electron chi connectivity index (χ2n) is 3.77. The zero-order valence-corrected chi connectivity index (χ0v) is 8.20. The summed E-state index contributed by atoms with van der Waals surface area (Å²) >= 11 is 5.28. The smallest absolute Gasteiger partial charge is 0.169 e. The van der Waals surface area contributed by atoms with Crippen molar-refractivity contribution < 1.29 is 0 Å². The van der Waals surface area contributed by atoms with Crippen LogP contribution < -0.4 is 5.32 Å². The highest BCUT2D eigenvalue weighted by Crippen LogP contribution is 2.18. The molecule has 12 heavy (non-hydrogen) atoms. The molecule has 68 valence electrons. The van der Waals surface area contributed by atoms with Gasteiger partial charge in [-0.1, -0.05) is 12.8 Å². The van der Waals surface area contributed by atoms with E-state index in [4.69, 9.17) is 12.2 Å². The van der Waals surface area contributed by atoms with E-state index in [1.54, 1.807) is 0 Å². The molecule has 0 aromatic rings. The van der Waals surface area contributed by atoms with Crippen molar-refractivity contribution in [3.8, 4) is 0 Å². The van der Waals surface area contributed by atoms with E-state index in [1.165, 1.54) is 45.2 Å². The number of hydrogen-bond acceptors (Lipinski definition) is 1. The van der Waals surface area contributed by atoms with E-state index in [0.29, 0.717) is 6.04 Å². The Morgan fingerprint density at radius 3 is 2.33 bits per heavy atom. The van der Waals surface area contributed by atoms with Gasteiger partial charge in [-0.3, -0.25) is 0 Å². The number of nitrogens with one attached hydrogen (secondary N) is 1. The Balaban J connectivity index is 1.73. The Hall–Kier alpha value is -0.310. The van der Waals surface area contributed by atoms with Crippen LogP contribution in [-0.2, 0) is 0 Å². The van der Waals surface area contributed by atoms with Gasteiger partial charge >= 0.3 is 0 Å². The number of thiocarbonyl (C=S) groups is 1. The molecule has 2 rings (SSSR count). The van der Waals surface area contributed by atoms with E-state index in [-0.39, 0.29) is 0 Å². The lowest BCUT2D eigenvalue weighted by molar-refractivity contribution is 0.292. The number of likely N-dealkylation sites (tertiary alicyclic amines) is 1. The Morgan fingerprint density at radius 2 is 1.83 bits per heavy atom. The third kappa shape index (κ3) is 1.71. The fourth-order valence-corrected chi connectivity index (χ4v) is 2.20. The van der Waals surface area contributed by atoms with Gasteiger partial charge in [-0.05, 0) is 31.5 Å². The summed E-state index contributed by atoms with van der Waals surface area (Å²) in [5.74, 6) is 0. The summed E-state index contributed by atoms with van der Waals surface area (Å²) in [5, 5.41) is 4.43. The lowest BCUT2D eigenvalue weighted by Gasteiger charge is -2.34. The van der Waals surface area contributed by atoms with Crippen molar-refractivity contribution in [3.63, 3.8) is 0 Å². The molecule has 0 radical (unpaired) electrons. The molecule has 1 saturated carbocycles. The molecule has 2 fully saturated rings. The minimum Gasteiger partial charge on any atom is -0.360 e. The van der Waals surface area contributed by atoms with Gasteiger partial charge in [0, 0.05) is 19.1 Å². The summed E-state index contributed by atoms with van der Waals surface area (Å²) in [7, 11) is 0. The van der Waals surface area contributed by atoms with Gasteiger partial charge in [0.1, 0.15) is 0 Å². The third-order valence-electron chi connectivity index (χ3n) is 2.83. The maximum atomic E-state index is 5.28. The lowest BCUT2D eigenvalue weighted by atomic mass is 10.2. The maximum Gasteiger partial charge on any atom is 0.169 e. The Bertz CT molecular complexity index is 171. The van der Waals surface area contributed by atoms with Crippen molar-refractivity contribution in [2.75, 3.05) is 13.1 Å². The first kappa shape index (κ1) is 8.30. The van der Waals surface area contributed by atoms with E-state index in [9.17, 15) is 0 Å². The van der Waals surface area contributed by atoms with Crippen LogP contribution >= 0.6 is 12.2 Å². The SMILES string of the molecule is S=C(NC1CCCC1)N1CCC1. The van der Waals surface area contributed by atoms with E-state index in [1.807, 2.05) is 0 Å². The number of nitrogens with zero attached hydrogens (tertiary/aromatic N) is 1. The van der Waals surface area contributed by atoms with E-state index in [2.05, 4.69) is 10.2 Å². The Morgan fingerprint density at radius 1 is 1.17 bits per heavy atom. The standard InChI is InChI=1S/C9H16N2S/c12-9(11-6-3-7-11)10-8-4-1-2-5-8/h8H,1-7H2,(H,10,12). The predicted octanol–water partition coefficient (Wildman–Crippen LogP) is 1.51. The van der Waals surface area contributed by atoms with Gasteiger partial charge in [-0.25, -0.2) is 0 Å². The van der Waals surface area contributed by atoms with Crippen molar-refractivity contribution in [2.24, 2.45) is 0 Å². The van der Waals surface area contributed by atoms with Gasteiger partial charge in [0.2, 0.25) is 0 Å². The van der Waals surface area contributed by atoms with Crippen LogP contribution in [0.3, 0.4) is 0 Å². The fraction of sp³-hybridized carbons (Fsp3) is 0.889. The summed E-state index contributed by atoms with van der Waals surface area (Å²) in [5.41, 5.74) is 0. The average molecular weight is 184 g/mol. The van der Waals surface area contributed by atoms with Gasteiger partial charge in [-0.2, -0.15) is 0 Å². The zero-order chi connectivity index (χ0) is 8.39. The van der Waals surface area contributed by atoms with Gasteiger partial charge in [0.15, 0.2) is 5.11 Å². The summed E-state index contributed by atoms with van der Waals surface area (Å²) in [6.07, 6.45) is 6.69. The van der Waals surface area contributed by atoms with Crippen molar-refractivity contribution in [2.45, 2.75) is 38.1 Å². The molecular weight excluding hydrogens is 168 g/mol. The van der Waals surface area contributed by atoms with Crippen LogP contribution in [-0.4, -0.2) is 29.1 Å². The first-order valence-corrected chi connectivity index (χ1v) is 5.32. The first-order valence-electron chi connectivity index (χ1n) is 4.92. The van der Waals surface area contributed by atoms with Gasteiger partial charge < -0.3 is 10.2 Å². The monoisotopic (exact) mass is 184 g/mol. The lowest BCUT2D eigenvalue weighted by Crippen LogP contribution is -2.49. The third-order valence-corrected chi connectivity index (χ3v) is 3.20. The molecule has 0 atom stereocenters. The second kappa shape index (κ2) is 3.60. The van der Waals surface area contributed by atoms with E-state index >= 15 is 0 Å². The van der Waals surface area contributed by atoms with Crippen molar-refractivity contribution >= 4 is 17.3 Å². The summed E-state index contributed by atoms with van der Waals surface area (Å²) in [6.45, 7) is 2.33. The zero-order valence-electron chi connectivity index (χ0n) is 7.38. The minimum absolute atomic E-state index is 0.679. The number of rotatable bonds is 1. The molecule has 1 N–H and O–H groups in total. The molecule has 0 amide bonds. The highest BCUT2D eigenvalue weighted by Gasteiger charge is 2.21. The summed E-state index contributed by atoms with van der Waals surface area (Å²) in [6, 6.07) is 0.679. The van der Waals surface area contributed by atoms with Crippen LogP contribution in [0.1, 0.15) is 32.1 Å². The van der Waals surface area contributed by atoms with Crippen molar-refractivity contribution in [1.82, 2.24) is 10.2 Å². The average Bonchev–Trinajstić information content (AvgIpc) is 2.34. The highest BCUT2D eigenvalue weighted by atomic mass is 32.1. The van der Waals surface area contributed by atoms with E-state index in [0.717, 1.165) is 5.11 Å². The first-order chi connectivity index (χ1) is 5.86. The number of hydrogen-bond donors (Lipinski definition) is 1. The molecule has 0 aromatic heterocycles. The van der Waals surface area contributed by atoms with Gasteiger partial charge in [0.25, 0.3) is 0 Å². The second-order valence-corrected chi connectivity index (χ2v) is 4.16. The Kier molecular flexibility index (Phi) is 2.49. The van der Waals surface area contributed by atoms with Crippen LogP contribution in [0.5, 0.6) is 0 Å². The molecule has 1 saturated heterocycles. The molecule has 3 heteroatoms. The maximum absolute atomic E-state index is 5.28. The van der Waals surface area contributed by atoms with Crippen molar-refractivity contribution in [1.29, 1.82) is 0 Å². The van der Waals surface area contributed by atoms with Crippen LogP contribution in [0, 0.1) is 0 Å². The molecule has 0 spiro atoms. The van der Waals surface area contributed by atoms with Crippen molar-refractivity contribution in [3.05, 3.63) is 0 Å². The molecule has 0 aromatic carbocycles. The van der Waals surface area contributed by atoms with E-state index < -0.39 is 0 Å². The molecule has 1 aliphatic carbocycles. The molecule has 0 unspecified atom stereocenters. The normalized spacial score (nSPS) is 23.8. The molecule has 1 heterocycles. The summed E-state index contributed by atoms with van der Waals surface area (Å²) in [4.78, 5) is 2.26. The van der Waals surface area contributed by atoms with Crippen LogP contribution in [0.25, 0.3) is 0 Å². The van der Waals surface area contributed by atoms with Gasteiger partial charge in [0.05, 0.1) is 0 Å². The Labute approximate surface area is 79.3 Å².